The van der Waals surface area contributed by atoms with Gasteiger partial charge in [-0.15, -0.1) is 0 Å². The lowest BCUT2D eigenvalue weighted by Gasteiger charge is -2.26. The maximum atomic E-state index is 13.0. The summed E-state index contributed by atoms with van der Waals surface area (Å²) in [4.78, 5) is 2.05. The zero-order valence-electron chi connectivity index (χ0n) is 8.92. The molecule has 0 aromatic heterocycles. The molecular formula is C11H17FN2. The molecule has 0 bridgehead atoms. The van der Waals surface area contributed by atoms with Gasteiger partial charge >= 0.3 is 0 Å². The van der Waals surface area contributed by atoms with Gasteiger partial charge in [0.1, 0.15) is 5.82 Å². The van der Waals surface area contributed by atoms with Crippen molar-refractivity contribution in [2.24, 2.45) is 5.73 Å². The van der Waals surface area contributed by atoms with E-state index in [1.807, 2.05) is 24.9 Å². The summed E-state index contributed by atoms with van der Waals surface area (Å²) >= 11 is 0. The second-order valence-corrected chi connectivity index (χ2v) is 3.63. The maximum absolute atomic E-state index is 13.0. The molecule has 0 aliphatic carbocycles. The number of hydrogen-bond donors (Lipinski definition) is 1. The average Bonchev–Trinajstić information content (AvgIpc) is 2.20. The standard InChI is InChI=1S/C11H17FN2/c1-8-6-10(4-5-11(8)12)14(3)9(2)7-13/h4-6,9H,7,13H2,1-3H3. The molecule has 0 fully saturated rings. The van der Waals surface area contributed by atoms with Gasteiger partial charge in [0.2, 0.25) is 0 Å². The first-order chi connectivity index (χ1) is 6.56. The van der Waals surface area contributed by atoms with E-state index < -0.39 is 0 Å². The van der Waals surface area contributed by atoms with Crippen LogP contribution in [0.4, 0.5) is 10.1 Å². The SMILES string of the molecule is Cc1cc(N(C)C(C)CN)ccc1F. The van der Waals surface area contributed by atoms with Gasteiger partial charge in [0.25, 0.3) is 0 Å². The second kappa shape index (κ2) is 4.42. The van der Waals surface area contributed by atoms with Crippen LogP contribution in [0.25, 0.3) is 0 Å². The number of anilines is 1. The van der Waals surface area contributed by atoms with Gasteiger partial charge in [-0.05, 0) is 37.6 Å². The summed E-state index contributed by atoms with van der Waals surface area (Å²) in [6.07, 6.45) is 0. The van der Waals surface area contributed by atoms with Crippen molar-refractivity contribution in [3.05, 3.63) is 29.6 Å². The van der Waals surface area contributed by atoms with Crippen molar-refractivity contribution in [2.75, 3.05) is 18.5 Å². The van der Waals surface area contributed by atoms with E-state index in [4.69, 9.17) is 5.73 Å². The molecular weight excluding hydrogens is 179 g/mol. The molecule has 1 aromatic rings. The van der Waals surface area contributed by atoms with Gasteiger partial charge in [-0.1, -0.05) is 0 Å². The first-order valence-electron chi connectivity index (χ1n) is 4.75. The van der Waals surface area contributed by atoms with Crippen LogP contribution in [0.5, 0.6) is 0 Å². The summed E-state index contributed by atoms with van der Waals surface area (Å²) in [5.41, 5.74) is 7.23. The average molecular weight is 196 g/mol. The predicted molar refractivity (Wildman–Crippen MR) is 58.1 cm³/mol. The van der Waals surface area contributed by atoms with E-state index in [1.54, 1.807) is 13.0 Å². The maximum Gasteiger partial charge on any atom is 0.126 e. The molecule has 0 saturated heterocycles. The van der Waals surface area contributed by atoms with Crippen molar-refractivity contribution < 1.29 is 4.39 Å². The minimum absolute atomic E-state index is 0.164. The molecule has 14 heavy (non-hydrogen) atoms. The Morgan fingerprint density at radius 3 is 2.64 bits per heavy atom. The molecule has 1 aromatic carbocycles. The highest BCUT2D eigenvalue weighted by Gasteiger charge is 2.08. The molecule has 0 amide bonds. The number of nitrogens with two attached hydrogens (primary N) is 1. The minimum atomic E-state index is -0.164. The molecule has 1 rings (SSSR count). The summed E-state index contributed by atoms with van der Waals surface area (Å²) in [5.74, 6) is -0.164. The Morgan fingerprint density at radius 1 is 1.50 bits per heavy atom. The minimum Gasteiger partial charge on any atom is -0.371 e. The molecule has 0 aliphatic heterocycles. The molecule has 0 heterocycles. The highest BCUT2D eigenvalue weighted by atomic mass is 19.1. The van der Waals surface area contributed by atoms with E-state index in [-0.39, 0.29) is 11.9 Å². The number of nitrogens with zero attached hydrogens (tertiary/aromatic N) is 1. The smallest absolute Gasteiger partial charge is 0.126 e. The fourth-order valence-electron chi connectivity index (χ4n) is 1.26. The van der Waals surface area contributed by atoms with Gasteiger partial charge in [0.15, 0.2) is 0 Å². The van der Waals surface area contributed by atoms with Crippen LogP contribution in [0, 0.1) is 12.7 Å². The molecule has 3 heteroatoms. The van der Waals surface area contributed by atoms with Crippen LogP contribution in [0.1, 0.15) is 12.5 Å². The van der Waals surface area contributed by atoms with Crippen LogP contribution in [-0.2, 0) is 0 Å². The van der Waals surface area contributed by atoms with Crippen molar-refractivity contribution in [1.29, 1.82) is 0 Å². The van der Waals surface area contributed by atoms with Gasteiger partial charge in [-0.3, -0.25) is 0 Å². The summed E-state index contributed by atoms with van der Waals surface area (Å²) in [6.45, 7) is 4.39. The Bertz CT molecular complexity index is 312. The summed E-state index contributed by atoms with van der Waals surface area (Å²) < 4.78 is 13.0. The second-order valence-electron chi connectivity index (χ2n) is 3.63. The number of likely N-dealkylation sites (N-methyl/N-ethyl adjacent to an activating group) is 1. The van der Waals surface area contributed by atoms with Crippen LogP contribution in [0.2, 0.25) is 0 Å². The molecule has 2 N–H and O–H groups in total. The van der Waals surface area contributed by atoms with Crippen molar-refractivity contribution >= 4 is 5.69 Å². The number of aryl methyl sites for hydroxylation is 1. The summed E-state index contributed by atoms with van der Waals surface area (Å²) in [5, 5.41) is 0. The first kappa shape index (κ1) is 11.0. The Labute approximate surface area is 84.5 Å². The lowest BCUT2D eigenvalue weighted by molar-refractivity contribution is 0.617. The van der Waals surface area contributed by atoms with E-state index in [9.17, 15) is 4.39 Å². The molecule has 78 valence electrons. The highest BCUT2D eigenvalue weighted by Crippen LogP contribution is 2.18. The fourth-order valence-corrected chi connectivity index (χ4v) is 1.26. The Balaban J connectivity index is 2.91. The van der Waals surface area contributed by atoms with Crippen LogP contribution >= 0.6 is 0 Å². The number of rotatable bonds is 3. The molecule has 2 nitrogen and oxygen atoms in total. The largest absolute Gasteiger partial charge is 0.371 e. The van der Waals surface area contributed by atoms with Gasteiger partial charge in [-0.2, -0.15) is 0 Å². The van der Waals surface area contributed by atoms with Crippen LogP contribution < -0.4 is 10.6 Å². The lowest BCUT2D eigenvalue weighted by atomic mass is 10.2. The monoisotopic (exact) mass is 196 g/mol. The number of benzene rings is 1. The van der Waals surface area contributed by atoms with E-state index in [0.717, 1.165) is 5.69 Å². The zero-order valence-corrected chi connectivity index (χ0v) is 8.92. The Hall–Kier alpha value is -1.09. The topological polar surface area (TPSA) is 29.3 Å². The molecule has 1 atom stereocenters. The van der Waals surface area contributed by atoms with Crippen LogP contribution in [0.3, 0.4) is 0 Å². The van der Waals surface area contributed by atoms with Gasteiger partial charge in [-0.25, -0.2) is 4.39 Å². The lowest BCUT2D eigenvalue weighted by Crippen LogP contribution is -2.35. The van der Waals surface area contributed by atoms with Crippen molar-refractivity contribution in [3.63, 3.8) is 0 Å². The van der Waals surface area contributed by atoms with Gasteiger partial charge in [0.05, 0.1) is 0 Å². The van der Waals surface area contributed by atoms with E-state index in [0.29, 0.717) is 12.1 Å². The van der Waals surface area contributed by atoms with E-state index >= 15 is 0 Å². The zero-order chi connectivity index (χ0) is 10.7. The quantitative estimate of drug-likeness (QED) is 0.800. The molecule has 0 aliphatic rings. The summed E-state index contributed by atoms with van der Waals surface area (Å²) in [7, 11) is 1.96. The molecule has 0 radical (unpaired) electrons. The molecule has 0 saturated carbocycles. The fraction of sp³-hybridized carbons (Fsp3) is 0.455. The Kier molecular flexibility index (Phi) is 3.47. The molecule has 0 spiro atoms. The number of hydrogen-bond acceptors (Lipinski definition) is 2. The van der Waals surface area contributed by atoms with Gasteiger partial charge < -0.3 is 10.6 Å². The summed E-state index contributed by atoms with van der Waals surface area (Å²) in [6, 6.07) is 5.36. The predicted octanol–water partition coefficient (Wildman–Crippen LogP) is 1.92. The Morgan fingerprint density at radius 2 is 2.14 bits per heavy atom. The van der Waals surface area contributed by atoms with Crippen LogP contribution in [-0.4, -0.2) is 19.6 Å². The van der Waals surface area contributed by atoms with Gasteiger partial charge in [0, 0.05) is 25.3 Å². The molecule has 1 unspecified atom stereocenters. The number of halogens is 1. The van der Waals surface area contributed by atoms with Crippen molar-refractivity contribution in [1.82, 2.24) is 0 Å². The van der Waals surface area contributed by atoms with E-state index in [2.05, 4.69) is 0 Å². The van der Waals surface area contributed by atoms with Crippen molar-refractivity contribution in [3.8, 4) is 0 Å². The first-order valence-corrected chi connectivity index (χ1v) is 4.75. The van der Waals surface area contributed by atoms with Crippen molar-refractivity contribution in [2.45, 2.75) is 19.9 Å². The third-order valence-corrected chi connectivity index (χ3v) is 2.55. The highest BCUT2D eigenvalue weighted by molar-refractivity contribution is 5.48. The van der Waals surface area contributed by atoms with E-state index in [1.165, 1.54) is 6.07 Å². The normalized spacial score (nSPS) is 12.6. The third kappa shape index (κ3) is 2.23. The third-order valence-electron chi connectivity index (χ3n) is 2.55. The van der Waals surface area contributed by atoms with Crippen LogP contribution in [0.15, 0.2) is 18.2 Å².